The van der Waals surface area contributed by atoms with E-state index in [0.717, 1.165) is 0 Å². The molecule has 0 amide bonds. The van der Waals surface area contributed by atoms with Crippen molar-refractivity contribution >= 4 is 17.7 Å². The first-order valence-electron chi connectivity index (χ1n) is 5.08. The summed E-state index contributed by atoms with van der Waals surface area (Å²) in [5.41, 5.74) is 0.435. The third kappa shape index (κ3) is 3.05. The van der Waals surface area contributed by atoms with Crippen molar-refractivity contribution in [3.8, 4) is 12.3 Å². The summed E-state index contributed by atoms with van der Waals surface area (Å²) in [6.07, 6.45) is 6.50. The monoisotopic (exact) mass is 232 g/mol. The average molecular weight is 232 g/mol. The van der Waals surface area contributed by atoms with E-state index in [9.17, 15) is 14.9 Å². The quantitative estimate of drug-likeness (QED) is 0.365. The summed E-state index contributed by atoms with van der Waals surface area (Å²) in [7, 11) is 0. The number of aldehydes is 1. The van der Waals surface area contributed by atoms with Crippen molar-refractivity contribution in [3.63, 3.8) is 0 Å². The van der Waals surface area contributed by atoms with Gasteiger partial charge in [-0.05, 0) is 18.6 Å². The highest BCUT2D eigenvalue weighted by atomic mass is 16.6. The normalized spacial score (nSPS) is 11.3. The van der Waals surface area contributed by atoms with Gasteiger partial charge in [0, 0.05) is 11.6 Å². The fraction of sp³-hybridized carbons (Fsp3) is 0.250. The SMILES string of the molecule is C#CC(CC)Nc1ccc(C=O)cc1[N+](=O)[O-]. The number of nitrogens with one attached hydrogen (secondary N) is 1. The molecule has 1 unspecified atom stereocenters. The molecule has 5 nitrogen and oxygen atoms in total. The minimum Gasteiger partial charge on any atom is -0.366 e. The molecule has 0 spiro atoms. The highest BCUT2D eigenvalue weighted by molar-refractivity contribution is 5.79. The molecule has 1 rings (SSSR count). The lowest BCUT2D eigenvalue weighted by Gasteiger charge is -2.12. The van der Waals surface area contributed by atoms with Crippen molar-refractivity contribution < 1.29 is 9.72 Å². The maximum atomic E-state index is 10.8. The van der Waals surface area contributed by atoms with Gasteiger partial charge in [0.05, 0.1) is 11.0 Å². The van der Waals surface area contributed by atoms with Gasteiger partial charge in [-0.25, -0.2) is 0 Å². The Morgan fingerprint density at radius 1 is 1.65 bits per heavy atom. The summed E-state index contributed by atoms with van der Waals surface area (Å²) in [5.74, 6) is 2.49. The van der Waals surface area contributed by atoms with Gasteiger partial charge in [-0.15, -0.1) is 6.42 Å². The Kier molecular flexibility index (Phi) is 4.23. The maximum absolute atomic E-state index is 10.8. The number of carbonyl (C=O) groups excluding carboxylic acids is 1. The second-order valence-corrected chi connectivity index (χ2v) is 3.42. The van der Waals surface area contributed by atoms with Crippen molar-refractivity contribution in [3.05, 3.63) is 33.9 Å². The van der Waals surface area contributed by atoms with Gasteiger partial charge in [0.25, 0.3) is 5.69 Å². The number of rotatable bonds is 5. The van der Waals surface area contributed by atoms with Gasteiger partial charge in [-0.3, -0.25) is 14.9 Å². The van der Waals surface area contributed by atoms with Crippen LogP contribution < -0.4 is 5.32 Å². The molecular formula is C12H12N2O3. The van der Waals surface area contributed by atoms with E-state index in [4.69, 9.17) is 6.42 Å². The summed E-state index contributed by atoms with van der Waals surface area (Å²) >= 11 is 0. The van der Waals surface area contributed by atoms with Crippen LogP contribution in [0.15, 0.2) is 18.2 Å². The Morgan fingerprint density at radius 3 is 2.82 bits per heavy atom. The maximum Gasteiger partial charge on any atom is 0.293 e. The molecule has 0 aliphatic rings. The van der Waals surface area contributed by atoms with Crippen LogP contribution in [-0.2, 0) is 0 Å². The van der Waals surface area contributed by atoms with Crippen molar-refractivity contribution in [1.82, 2.24) is 0 Å². The highest BCUT2D eigenvalue weighted by Gasteiger charge is 2.16. The van der Waals surface area contributed by atoms with E-state index in [1.165, 1.54) is 18.2 Å². The van der Waals surface area contributed by atoms with Gasteiger partial charge in [-0.1, -0.05) is 12.8 Å². The average Bonchev–Trinajstić information content (AvgIpc) is 2.35. The van der Waals surface area contributed by atoms with E-state index < -0.39 is 4.92 Å². The zero-order valence-electron chi connectivity index (χ0n) is 9.34. The molecule has 0 aromatic heterocycles. The number of carbonyl (C=O) groups is 1. The molecule has 1 aromatic rings. The first-order chi connectivity index (χ1) is 8.12. The summed E-state index contributed by atoms with van der Waals surface area (Å²) in [4.78, 5) is 20.9. The van der Waals surface area contributed by atoms with E-state index in [-0.39, 0.29) is 17.3 Å². The number of nitro benzene ring substituents is 1. The van der Waals surface area contributed by atoms with Gasteiger partial charge in [0.15, 0.2) is 0 Å². The van der Waals surface area contributed by atoms with Gasteiger partial charge in [-0.2, -0.15) is 0 Å². The van der Waals surface area contributed by atoms with Crippen LogP contribution in [0.2, 0.25) is 0 Å². The molecule has 17 heavy (non-hydrogen) atoms. The van der Waals surface area contributed by atoms with E-state index in [2.05, 4.69) is 11.2 Å². The third-order valence-electron chi connectivity index (χ3n) is 2.29. The minimum atomic E-state index is -0.543. The zero-order chi connectivity index (χ0) is 12.8. The summed E-state index contributed by atoms with van der Waals surface area (Å²) in [5, 5.41) is 13.7. The summed E-state index contributed by atoms with van der Waals surface area (Å²) in [6, 6.07) is 3.95. The molecule has 0 fully saturated rings. The largest absolute Gasteiger partial charge is 0.366 e. The number of nitrogens with zero attached hydrogens (tertiary/aromatic N) is 1. The van der Waals surface area contributed by atoms with Crippen LogP contribution in [0.5, 0.6) is 0 Å². The van der Waals surface area contributed by atoms with E-state index in [1.807, 2.05) is 6.92 Å². The molecule has 0 aliphatic heterocycles. The molecule has 0 aliphatic carbocycles. The van der Waals surface area contributed by atoms with Gasteiger partial charge in [0.1, 0.15) is 12.0 Å². The molecule has 88 valence electrons. The number of benzene rings is 1. The van der Waals surface area contributed by atoms with Crippen LogP contribution in [0, 0.1) is 22.5 Å². The van der Waals surface area contributed by atoms with Crippen molar-refractivity contribution in [2.45, 2.75) is 19.4 Å². The van der Waals surface area contributed by atoms with E-state index >= 15 is 0 Å². The van der Waals surface area contributed by atoms with Crippen LogP contribution in [0.25, 0.3) is 0 Å². The molecule has 0 saturated heterocycles. The van der Waals surface area contributed by atoms with E-state index in [1.54, 1.807) is 0 Å². The molecule has 0 heterocycles. The fourth-order valence-corrected chi connectivity index (χ4v) is 1.34. The number of hydrogen-bond donors (Lipinski definition) is 1. The van der Waals surface area contributed by atoms with E-state index in [0.29, 0.717) is 18.4 Å². The number of hydrogen-bond acceptors (Lipinski definition) is 4. The van der Waals surface area contributed by atoms with Crippen LogP contribution in [0.3, 0.4) is 0 Å². The zero-order valence-corrected chi connectivity index (χ0v) is 9.34. The van der Waals surface area contributed by atoms with Crippen LogP contribution in [0.4, 0.5) is 11.4 Å². The van der Waals surface area contributed by atoms with Gasteiger partial charge in [0.2, 0.25) is 0 Å². The number of terminal acetylenes is 1. The molecule has 0 saturated carbocycles. The highest BCUT2D eigenvalue weighted by Crippen LogP contribution is 2.25. The number of nitro groups is 1. The Labute approximate surface area is 99.0 Å². The van der Waals surface area contributed by atoms with Crippen LogP contribution in [0.1, 0.15) is 23.7 Å². The Hall–Kier alpha value is -2.35. The Morgan fingerprint density at radius 2 is 2.35 bits per heavy atom. The molecule has 1 N–H and O–H groups in total. The van der Waals surface area contributed by atoms with Gasteiger partial charge < -0.3 is 5.32 Å². The third-order valence-corrected chi connectivity index (χ3v) is 2.29. The molecule has 1 aromatic carbocycles. The van der Waals surface area contributed by atoms with Gasteiger partial charge >= 0.3 is 0 Å². The van der Waals surface area contributed by atoms with Crippen molar-refractivity contribution in [1.29, 1.82) is 0 Å². The molecule has 1 atom stereocenters. The first kappa shape index (κ1) is 12.7. The smallest absolute Gasteiger partial charge is 0.293 e. The molecule has 0 bridgehead atoms. The topological polar surface area (TPSA) is 72.2 Å². The van der Waals surface area contributed by atoms with Crippen molar-refractivity contribution in [2.24, 2.45) is 0 Å². The number of anilines is 1. The predicted molar refractivity (Wildman–Crippen MR) is 65.0 cm³/mol. The second kappa shape index (κ2) is 5.66. The summed E-state index contributed by atoms with van der Waals surface area (Å²) in [6.45, 7) is 1.88. The fourth-order valence-electron chi connectivity index (χ4n) is 1.34. The lowest BCUT2D eigenvalue weighted by atomic mass is 10.1. The van der Waals surface area contributed by atoms with Crippen molar-refractivity contribution in [2.75, 3.05) is 5.32 Å². The lowest BCUT2D eigenvalue weighted by Crippen LogP contribution is -2.16. The minimum absolute atomic E-state index is 0.150. The summed E-state index contributed by atoms with van der Waals surface area (Å²) < 4.78 is 0. The molecule has 0 radical (unpaired) electrons. The predicted octanol–water partition coefficient (Wildman–Crippen LogP) is 2.23. The first-order valence-corrected chi connectivity index (χ1v) is 5.08. The van der Waals surface area contributed by atoms with Crippen LogP contribution >= 0.6 is 0 Å². The molecule has 5 heteroatoms. The van der Waals surface area contributed by atoms with Crippen LogP contribution in [-0.4, -0.2) is 17.3 Å². The molecular weight excluding hydrogens is 220 g/mol. The standard InChI is InChI=1S/C12H12N2O3/c1-3-10(4-2)13-11-6-5-9(8-15)7-12(11)14(16)17/h1,5-8,10,13H,4H2,2H3. The second-order valence-electron chi connectivity index (χ2n) is 3.42. The lowest BCUT2D eigenvalue weighted by molar-refractivity contribution is -0.384. The Bertz CT molecular complexity index is 477. The Balaban J connectivity index is 3.11.